The Hall–Kier alpha value is -1.71. The third-order valence-electron chi connectivity index (χ3n) is 1.97. The van der Waals surface area contributed by atoms with Crippen molar-refractivity contribution in [2.75, 3.05) is 19.1 Å². The normalized spacial score (nSPS) is 10.6. The maximum absolute atomic E-state index is 11.4. The summed E-state index contributed by atoms with van der Waals surface area (Å²) in [5.41, 5.74) is 1.66. The molecule has 0 unspecified atom stereocenters. The van der Waals surface area contributed by atoms with Crippen LogP contribution in [0.2, 0.25) is 0 Å². The van der Waals surface area contributed by atoms with Crippen molar-refractivity contribution in [2.24, 2.45) is 0 Å². The zero-order valence-electron chi connectivity index (χ0n) is 7.61. The van der Waals surface area contributed by atoms with Gasteiger partial charge < -0.3 is 9.99 Å². The average Bonchev–Trinajstić information content (AvgIpc) is 2.39. The van der Waals surface area contributed by atoms with Crippen molar-refractivity contribution in [1.29, 1.82) is 0 Å². The smallest absolute Gasteiger partial charge is 0.314 e. The monoisotopic (exact) mass is 177 g/mol. The Kier molecular flexibility index (Phi) is 1.62. The molecule has 0 bridgehead atoms. The highest BCUT2D eigenvalue weighted by atomic mass is 16.2. The number of imidazole rings is 1. The Labute approximate surface area is 75.4 Å². The maximum Gasteiger partial charge on any atom is 0.345 e. The first-order valence-electron chi connectivity index (χ1n) is 4.07. The molecule has 1 aromatic carbocycles. The molecule has 0 aliphatic rings. The maximum atomic E-state index is 11.4. The van der Waals surface area contributed by atoms with Crippen LogP contribution in [0.5, 0.6) is 0 Å². The van der Waals surface area contributed by atoms with Crippen LogP contribution < -0.4 is 10.7 Å². The van der Waals surface area contributed by atoms with Crippen molar-refractivity contribution in [3.05, 3.63) is 34.7 Å². The van der Waals surface area contributed by atoms with E-state index in [0.717, 1.165) is 11.0 Å². The fourth-order valence-electron chi connectivity index (χ4n) is 1.44. The minimum atomic E-state index is -0.105. The van der Waals surface area contributed by atoms with Crippen LogP contribution in [0, 0.1) is 0 Å². The molecule has 0 aliphatic carbocycles. The Morgan fingerprint density at radius 3 is 2.69 bits per heavy atom. The van der Waals surface area contributed by atoms with E-state index in [1.54, 1.807) is 9.69 Å². The van der Waals surface area contributed by atoms with Crippen LogP contribution in [0.15, 0.2) is 29.1 Å². The van der Waals surface area contributed by atoms with Crippen LogP contribution in [0.1, 0.15) is 0 Å². The quantitative estimate of drug-likeness (QED) is 0.690. The molecule has 0 atom stereocenters. The summed E-state index contributed by atoms with van der Waals surface area (Å²) < 4.78 is 1.59. The largest absolute Gasteiger partial charge is 0.345 e. The van der Waals surface area contributed by atoms with E-state index in [1.807, 2.05) is 38.4 Å². The highest BCUT2D eigenvalue weighted by Crippen LogP contribution is 2.07. The molecular weight excluding hydrogens is 166 g/mol. The van der Waals surface area contributed by atoms with Crippen molar-refractivity contribution in [1.82, 2.24) is 9.66 Å². The van der Waals surface area contributed by atoms with Crippen LogP contribution in [0.3, 0.4) is 0 Å². The Bertz CT molecular complexity index is 481. The molecule has 1 N–H and O–H groups in total. The number of nitrogens with zero attached hydrogens (tertiary/aromatic N) is 2. The number of aromatic amines is 1. The standard InChI is InChI=1S/C9H11N3O/c1-11(2)12-8-6-4-3-5-7(8)10-9(12)13/h3-6H,1-2H3,(H,10,13). The van der Waals surface area contributed by atoms with Crippen molar-refractivity contribution in [3.8, 4) is 0 Å². The number of para-hydroxylation sites is 2. The molecule has 1 heterocycles. The fraction of sp³-hybridized carbons (Fsp3) is 0.222. The summed E-state index contributed by atoms with van der Waals surface area (Å²) in [6.45, 7) is 0. The molecule has 0 saturated carbocycles. The average molecular weight is 177 g/mol. The second-order valence-corrected chi connectivity index (χ2v) is 3.11. The number of rotatable bonds is 1. The molecule has 0 aliphatic heterocycles. The van der Waals surface area contributed by atoms with Crippen LogP contribution in [0.4, 0.5) is 0 Å². The number of benzene rings is 1. The van der Waals surface area contributed by atoms with Gasteiger partial charge in [0.15, 0.2) is 0 Å². The highest BCUT2D eigenvalue weighted by Gasteiger charge is 2.05. The lowest BCUT2D eigenvalue weighted by Gasteiger charge is -2.12. The molecular formula is C9H11N3O. The lowest BCUT2D eigenvalue weighted by Crippen LogP contribution is -2.33. The van der Waals surface area contributed by atoms with Crippen molar-refractivity contribution >= 4 is 11.0 Å². The zero-order chi connectivity index (χ0) is 9.42. The molecule has 0 spiro atoms. The number of hydrogen-bond acceptors (Lipinski definition) is 2. The van der Waals surface area contributed by atoms with Gasteiger partial charge in [0.2, 0.25) is 0 Å². The molecule has 4 heteroatoms. The number of nitrogens with one attached hydrogen (secondary N) is 1. The van der Waals surface area contributed by atoms with Gasteiger partial charge >= 0.3 is 5.69 Å². The lowest BCUT2D eigenvalue weighted by molar-refractivity contribution is 0.724. The molecule has 13 heavy (non-hydrogen) atoms. The Morgan fingerprint density at radius 2 is 2.00 bits per heavy atom. The van der Waals surface area contributed by atoms with Gasteiger partial charge in [-0.25, -0.2) is 9.47 Å². The van der Waals surface area contributed by atoms with Gasteiger partial charge in [-0.05, 0) is 12.1 Å². The SMILES string of the molecule is CN(C)n1c(=O)[nH]c2ccccc21. The summed E-state index contributed by atoms with van der Waals surface area (Å²) in [5, 5.41) is 1.75. The summed E-state index contributed by atoms with van der Waals surface area (Å²) in [4.78, 5) is 14.2. The number of H-pyrrole nitrogens is 1. The van der Waals surface area contributed by atoms with E-state index in [0.29, 0.717) is 0 Å². The van der Waals surface area contributed by atoms with E-state index in [9.17, 15) is 4.79 Å². The van der Waals surface area contributed by atoms with Crippen molar-refractivity contribution < 1.29 is 0 Å². The van der Waals surface area contributed by atoms with E-state index in [2.05, 4.69) is 4.98 Å². The number of fused-ring (bicyclic) bond motifs is 1. The molecule has 1 aromatic heterocycles. The number of aromatic nitrogens is 2. The third kappa shape index (κ3) is 1.11. The van der Waals surface area contributed by atoms with Gasteiger partial charge in [-0.15, -0.1) is 0 Å². The number of hydrogen-bond donors (Lipinski definition) is 1. The van der Waals surface area contributed by atoms with Crippen LogP contribution in [-0.4, -0.2) is 23.8 Å². The lowest BCUT2D eigenvalue weighted by atomic mass is 10.3. The van der Waals surface area contributed by atoms with Crippen LogP contribution >= 0.6 is 0 Å². The van der Waals surface area contributed by atoms with Gasteiger partial charge in [0.25, 0.3) is 0 Å². The summed E-state index contributed by atoms with van der Waals surface area (Å²) >= 11 is 0. The summed E-state index contributed by atoms with van der Waals surface area (Å²) in [5.74, 6) is 0. The first-order chi connectivity index (χ1) is 6.20. The molecule has 0 fully saturated rings. The zero-order valence-corrected chi connectivity index (χ0v) is 7.61. The van der Waals surface area contributed by atoms with Crippen molar-refractivity contribution in [2.45, 2.75) is 0 Å². The van der Waals surface area contributed by atoms with E-state index >= 15 is 0 Å². The minimum absolute atomic E-state index is 0.105. The van der Waals surface area contributed by atoms with Gasteiger partial charge in [0, 0.05) is 14.1 Å². The predicted molar refractivity (Wildman–Crippen MR) is 52.6 cm³/mol. The Morgan fingerprint density at radius 1 is 1.31 bits per heavy atom. The first kappa shape index (κ1) is 7.91. The van der Waals surface area contributed by atoms with Gasteiger partial charge in [-0.2, -0.15) is 0 Å². The van der Waals surface area contributed by atoms with Crippen LogP contribution in [0.25, 0.3) is 11.0 Å². The molecule has 0 saturated heterocycles. The van der Waals surface area contributed by atoms with Gasteiger partial charge in [-0.3, -0.25) is 0 Å². The molecule has 68 valence electrons. The summed E-state index contributed by atoms with van der Waals surface area (Å²) in [6.07, 6.45) is 0. The molecule has 2 rings (SSSR count). The molecule has 2 aromatic rings. The summed E-state index contributed by atoms with van der Waals surface area (Å²) in [7, 11) is 3.67. The van der Waals surface area contributed by atoms with Gasteiger partial charge in [0.05, 0.1) is 11.0 Å². The topological polar surface area (TPSA) is 41.0 Å². The molecule has 4 nitrogen and oxygen atoms in total. The second-order valence-electron chi connectivity index (χ2n) is 3.11. The van der Waals surface area contributed by atoms with E-state index in [-0.39, 0.29) is 5.69 Å². The van der Waals surface area contributed by atoms with E-state index in [1.165, 1.54) is 0 Å². The minimum Gasteiger partial charge on any atom is -0.314 e. The molecule has 0 amide bonds. The summed E-state index contributed by atoms with van der Waals surface area (Å²) in [6, 6.07) is 7.61. The Balaban J connectivity index is 2.87. The fourth-order valence-corrected chi connectivity index (χ4v) is 1.44. The second kappa shape index (κ2) is 2.65. The van der Waals surface area contributed by atoms with E-state index in [4.69, 9.17) is 0 Å². The first-order valence-corrected chi connectivity index (χ1v) is 4.07. The third-order valence-corrected chi connectivity index (χ3v) is 1.97. The van der Waals surface area contributed by atoms with Crippen molar-refractivity contribution in [3.63, 3.8) is 0 Å². The van der Waals surface area contributed by atoms with Crippen LogP contribution in [-0.2, 0) is 0 Å². The highest BCUT2D eigenvalue weighted by molar-refractivity contribution is 5.75. The molecule has 0 radical (unpaired) electrons. The predicted octanol–water partition coefficient (Wildman–Crippen LogP) is 0.527. The van der Waals surface area contributed by atoms with Gasteiger partial charge in [-0.1, -0.05) is 12.1 Å². The van der Waals surface area contributed by atoms with E-state index < -0.39 is 0 Å². The van der Waals surface area contributed by atoms with Gasteiger partial charge in [0.1, 0.15) is 0 Å².